The number of alkyl halides is 2. The van der Waals surface area contributed by atoms with Crippen LogP contribution in [0, 0.1) is 5.82 Å². The number of anilines is 2. The highest BCUT2D eigenvalue weighted by Gasteiger charge is 2.19. The van der Waals surface area contributed by atoms with Crippen molar-refractivity contribution in [3.05, 3.63) is 54.3 Å². The minimum atomic E-state index is -2.88. The van der Waals surface area contributed by atoms with Gasteiger partial charge in [0.05, 0.1) is 6.54 Å². The summed E-state index contributed by atoms with van der Waals surface area (Å²) in [5, 5.41) is 2.74. The molecule has 1 aliphatic rings. The lowest BCUT2D eigenvalue weighted by atomic mass is 10.2. The van der Waals surface area contributed by atoms with Gasteiger partial charge in [0, 0.05) is 37.6 Å². The lowest BCUT2D eigenvalue weighted by Gasteiger charge is -2.35. The lowest BCUT2D eigenvalue weighted by molar-refractivity contribution is -0.117. The summed E-state index contributed by atoms with van der Waals surface area (Å²) in [4.78, 5) is 16.4. The van der Waals surface area contributed by atoms with Gasteiger partial charge in [-0.15, -0.1) is 0 Å². The van der Waals surface area contributed by atoms with Crippen LogP contribution < -0.4 is 15.0 Å². The van der Waals surface area contributed by atoms with E-state index in [9.17, 15) is 18.0 Å². The van der Waals surface area contributed by atoms with E-state index in [0.29, 0.717) is 18.8 Å². The van der Waals surface area contributed by atoms with Crippen LogP contribution in [-0.2, 0) is 4.79 Å². The predicted octanol–water partition coefficient (Wildman–Crippen LogP) is 3.19. The Hall–Kier alpha value is -2.74. The molecule has 1 N–H and O–H groups in total. The van der Waals surface area contributed by atoms with E-state index in [0.717, 1.165) is 18.8 Å². The number of hydrogen-bond acceptors (Lipinski definition) is 4. The fraction of sp³-hybridized carbons (Fsp3) is 0.316. The fourth-order valence-corrected chi connectivity index (χ4v) is 2.94. The normalized spacial score (nSPS) is 15.0. The number of nitrogens with zero attached hydrogens (tertiary/aromatic N) is 2. The summed E-state index contributed by atoms with van der Waals surface area (Å²) in [6.07, 6.45) is 0. The van der Waals surface area contributed by atoms with Gasteiger partial charge in [0.15, 0.2) is 0 Å². The van der Waals surface area contributed by atoms with Crippen LogP contribution in [-0.4, -0.2) is 50.1 Å². The van der Waals surface area contributed by atoms with Crippen molar-refractivity contribution in [1.82, 2.24) is 4.90 Å². The van der Waals surface area contributed by atoms with E-state index in [4.69, 9.17) is 0 Å². The van der Waals surface area contributed by atoms with Gasteiger partial charge in [0.2, 0.25) is 5.91 Å². The van der Waals surface area contributed by atoms with Crippen molar-refractivity contribution in [2.45, 2.75) is 6.61 Å². The SMILES string of the molecule is O=C(CN1CCN(c2ccc(F)cc2)CC1)Nc1ccc(OC(F)F)cc1. The van der Waals surface area contributed by atoms with Gasteiger partial charge in [-0.05, 0) is 48.5 Å². The molecule has 8 heteroatoms. The van der Waals surface area contributed by atoms with Crippen LogP contribution in [0.1, 0.15) is 0 Å². The van der Waals surface area contributed by atoms with Crippen molar-refractivity contribution in [1.29, 1.82) is 0 Å². The first-order chi connectivity index (χ1) is 13.0. The molecule has 0 unspecified atom stereocenters. The van der Waals surface area contributed by atoms with Crippen LogP contribution in [0.2, 0.25) is 0 Å². The van der Waals surface area contributed by atoms with Gasteiger partial charge in [-0.3, -0.25) is 9.69 Å². The number of carbonyl (C=O) groups excluding carboxylic acids is 1. The number of ether oxygens (including phenoxy) is 1. The predicted molar refractivity (Wildman–Crippen MR) is 96.8 cm³/mol. The molecular formula is C19H20F3N3O2. The van der Waals surface area contributed by atoms with Crippen LogP contribution in [0.15, 0.2) is 48.5 Å². The number of piperazine rings is 1. The Morgan fingerprint density at radius 3 is 2.22 bits per heavy atom. The second-order valence-corrected chi connectivity index (χ2v) is 6.19. The van der Waals surface area contributed by atoms with E-state index in [-0.39, 0.29) is 24.0 Å². The molecule has 1 fully saturated rings. The Labute approximate surface area is 155 Å². The molecule has 5 nitrogen and oxygen atoms in total. The highest BCUT2D eigenvalue weighted by Crippen LogP contribution is 2.19. The van der Waals surface area contributed by atoms with Crippen LogP contribution in [0.3, 0.4) is 0 Å². The average molecular weight is 379 g/mol. The lowest BCUT2D eigenvalue weighted by Crippen LogP contribution is -2.48. The highest BCUT2D eigenvalue weighted by molar-refractivity contribution is 5.92. The molecule has 0 radical (unpaired) electrons. The van der Waals surface area contributed by atoms with E-state index < -0.39 is 6.61 Å². The van der Waals surface area contributed by atoms with Crippen molar-refractivity contribution in [2.75, 3.05) is 42.9 Å². The second kappa shape index (κ2) is 8.77. The van der Waals surface area contributed by atoms with Gasteiger partial charge >= 0.3 is 6.61 Å². The standard InChI is InChI=1S/C19H20F3N3O2/c20-14-1-5-16(6-2-14)25-11-9-24(10-12-25)13-18(26)23-15-3-7-17(8-4-15)27-19(21)22/h1-8,19H,9-13H2,(H,23,26). The quantitative estimate of drug-likeness (QED) is 0.837. The second-order valence-electron chi connectivity index (χ2n) is 6.19. The van der Waals surface area contributed by atoms with Crippen LogP contribution in [0.25, 0.3) is 0 Å². The third-order valence-electron chi connectivity index (χ3n) is 4.29. The first kappa shape index (κ1) is 19.0. The Kier molecular flexibility index (Phi) is 6.18. The minimum Gasteiger partial charge on any atom is -0.435 e. The van der Waals surface area contributed by atoms with Gasteiger partial charge in [0.25, 0.3) is 0 Å². The molecule has 0 bridgehead atoms. The summed E-state index contributed by atoms with van der Waals surface area (Å²) in [5.74, 6) is -0.393. The summed E-state index contributed by atoms with van der Waals surface area (Å²) in [6.45, 7) is 0.292. The number of rotatable bonds is 6. The summed E-state index contributed by atoms with van der Waals surface area (Å²) < 4.78 is 41.5. The Balaban J connectivity index is 1.44. The highest BCUT2D eigenvalue weighted by atomic mass is 19.3. The van der Waals surface area contributed by atoms with E-state index in [2.05, 4.69) is 15.0 Å². The summed E-state index contributed by atoms with van der Waals surface area (Å²) in [6, 6.07) is 12.2. The first-order valence-electron chi connectivity index (χ1n) is 8.57. The zero-order valence-electron chi connectivity index (χ0n) is 14.6. The van der Waals surface area contributed by atoms with Gasteiger partial charge in [0.1, 0.15) is 11.6 Å². The summed E-state index contributed by atoms with van der Waals surface area (Å²) >= 11 is 0. The largest absolute Gasteiger partial charge is 0.435 e. The molecule has 1 amide bonds. The van der Waals surface area contributed by atoms with Crippen molar-refractivity contribution in [2.24, 2.45) is 0 Å². The van der Waals surface area contributed by atoms with Crippen molar-refractivity contribution in [3.8, 4) is 5.75 Å². The molecule has 0 saturated carbocycles. The average Bonchev–Trinajstić information content (AvgIpc) is 2.64. The molecule has 3 rings (SSSR count). The molecule has 27 heavy (non-hydrogen) atoms. The maximum atomic E-state index is 13.0. The molecule has 144 valence electrons. The van der Waals surface area contributed by atoms with Gasteiger partial charge in [-0.1, -0.05) is 0 Å². The number of nitrogens with one attached hydrogen (secondary N) is 1. The van der Waals surface area contributed by atoms with Crippen LogP contribution >= 0.6 is 0 Å². The molecule has 1 heterocycles. The molecule has 2 aromatic carbocycles. The molecule has 2 aromatic rings. The van der Waals surface area contributed by atoms with E-state index in [1.807, 2.05) is 4.90 Å². The Morgan fingerprint density at radius 2 is 1.63 bits per heavy atom. The maximum absolute atomic E-state index is 13.0. The Morgan fingerprint density at radius 1 is 1.00 bits per heavy atom. The maximum Gasteiger partial charge on any atom is 0.387 e. The molecule has 0 aliphatic carbocycles. The smallest absolute Gasteiger partial charge is 0.387 e. The topological polar surface area (TPSA) is 44.8 Å². The number of halogens is 3. The minimum absolute atomic E-state index is 0.0416. The molecule has 0 spiro atoms. The number of amides is 1. The molecular weight excluding hydrogens is 359 g/mol. The van der Waals surface area contributed by atoms with Crippen LogP contribution in [0.4, 0.5) is 24.5 Å². The molecule has 0 atom stereocenters. The van der Waals surface area contributed by atoms with E-state index in [1.165, 1.54) is 36.4 Å². The summed E-state index contributed by atoms with van der Waals surface area (Å²) in [7, 11) is 0. The van der Waals surface area contributed by atoms with Crippen molar-refractivity contribution < 1.29 is 22.7 Å². The fourth-order valence-electron chi connectivity index (χ4n) is 2.94. The number of benzene rings is 2. The van der Waals surface area contributed by atoms with Gasteiger partial charge < -0.3 is 15.0 Å². The molecule has 1 aliphatic heterocycles. The molecule has 1 saturated heterocycles. The van der Waals surface area contributed by atoms with E-state index in [1.54, 1.807) is 12.1 Å². The van der Waals surface area contributed by atoms with Crippen molar-refractivity contribution in [3.63, 3.8) is 0 Å². The van der Waals surface area contributed by atoms with E-state index >= 15 is 0 Å². The van der Waals surface area contributed by atoms with Crippen LogP contribution in [0.5, 0.6) is 5.75 Å². The number of hydrogen-bond donors (Lipinski definition) is 1. The number of carbonyl (C=O) groups is 1. The summed E-state index contributed by atoms with van der Waals surface area (Å²) in [5.41, 5.74) is 1.48. The zero-order valence-corrected chi connectivity index (χ0v) is 14.6. The third kappa shape index (κ3) is 5.62. The third-order valence-corrected chi connectivity index (χ3v) is 4.29. The first-order valence-corrected chi connectivity index (χ1v) is 8.57. The van der Waals surface area contributed by atoms with Crippen molar-refractivity contribution >= 4 is 17.3 Å². The molecule has 0 aromatic heterocycles. The Bertz CT molecular complexity index is 746. The van der Waals surface area contributed by atoms with Gasteiger partial charge in [-0.25, -0.2) is 4.39 Å². The monoisotopic (exact) mass is 379 g/mol. The van der Waals surface area contributed by atoms with Gasteiger partial charge in [-0.2, -0.15) is 8.78 Å². The zero-order chi connectivity index (χ0) is 19.2.